The molecule has 0 aromatic heterocycles. The van der Waals surface area contributed by atoms with E-state index in [1.807, 2.05) is 6.07 Å². The Bertz CT molecular complexity index is 809. The van der Waals surface area contributed by atoms with Crippen molar-refractivity contribution in [1.29, 1.82) is 0 Å². The number of likely N-dealkylation sites (N-methyl/N-ethyl adjacent to an activating group) is 1. The highest BCUT2D eigenvalue weighted by atomic mass is 35.5. The lowest BCUT2D eigenvalue weighted by molar-refractivity contribution is -0.140. The van der Waals surface area contributed by atoms with E-state index < -0.39 is 17.8 Å². The third kappa shape index (κ3) is 5.68. The molecule has 0 saturated heterocycles. The fraction of sp³-hybridized carbons (Fsp3) is 0.300. The van der Waals surface area contributed by atoms with Crippen LogP contribution in [0.5, 0.6) is 0 Å². The highest BCUT2D eigenvalue weighted by molar-refractivity contribution is 6.31. The number of rotatable bonds is 7. The Morgan fingerprint density at radius 3 is 2.52 bits per heavy atom. The molecule has 7 heteroatoms. The topological polar surface area (TPSA) is 49.4 Å². The van der Waals surface area contributed by atoms with Gasteiger partial charge in [-0.2, -0.15) is 0 Å². The van der Waals surface area contributed by atoms with Crippen LogP contribution in [0.15, 0.2) is 42.5 Å². The molecule has 0 heterocycles. The van der Waals surface area contributed by atoms with E-state index in [-0.39, 0.29) is 29.5 Å². The van der Waals surface area contributed by atoms with Crippen LogP contribution in [0.1, 0.15) is 25.0 Å². The monoisotopic (exact) mass is 410 g/mol. The van der Waals surface area contributed by atoms with Crippen LogP contribution in [0.3, 0.4) is 0 Å². The maximum Gasteiger partial charge on any atom is 0.242 e. The lowest BCUT2D eigenvalue weighted by Crippen LogP contribution is -2.48. The van der Waals surface area contributed by atoms with Crippen molar-refractivity contribution in [3.63, 3.8) is 0 Å². The van der Waals surface area contributed by atoms with Gasteiger partial charge < -0.3 is 10.2 Å². The minimum Gasteiger partial charge on any atom is -0.355 e. The fourth-order valence-corrected chi connectivity index (χ4v) is 3.13. The normalized spacial score (nSPS) is 11.7. The molecular weight excluding hydrogens is 390 g/mol. The summed E-state index contributed by atoms with van der Waals surface area (Å²) in [7, 11) is 0. The van der Waals surface area contributed by atoms with E-state index in [0.29, 0.717) is 11.6 Å². The Hall–Kier alpha value is -2.11. The molecule has 0 aliphatic rings. The third-order valence-electron chi connectivity index (χ3n) is 4.15. The summed E-state index contributed by atoms with van der Waals surface area (Å²) < 4.78 is 14.1. The highest BCUT2D eigenvalue weighted by Gasteiger charge is 2.27. The van der Waals surface area contributed by atoms with Gasteiger partial charge in [-0.3, -0.25) is 9.59 Å². The van der Waals surface area contributed by atoms with Crippen LogP contribution in [0.4, 0.5) is 4.39 Å². The standard InChI is InChI=1S/C20H21Cl2FN2O2/c1-3-24-20(27)13(2)25(12-14-6-4-7-15(21)10-14)19(26)11-16-17(22)8-5-9-18(16)23/h4-10,13H,3,11-12H2,1-2H3,(H,24,27)/t13-/m1/s1. The third-order valence-corrected chi connectivity index (χ3v) is 4.74. The molecule has 0 saturated carbocycles. The zero-order chi connectivity index (χ0) is 20.0. The molecule has 2 rings (SSSR count). The maximum atomic E-state index is 14.1. The Morgan fingerprint density at radius 1 is 1.19 bits per heavy atom. The van der Waals surface area contributed by atoms with E-state index >= 15 is 0 Å². The number of nitrogens with one attached hydrogen (secondary N) is 1. The van der Waals surface area contributed by atoms with Gasteiger partial charge >= 0.3 is 0 Å². The van der Waals surface area contributed by atoms with Gasteiger partial charge in [0.05, 0.1) is 6.42 Å². The van der Waals surface area contributed by atoms with Crippen molar-refractivity contribution in [1.82, 2.24) is 10.2 Å². The number of hydrogen-bond donors (Lipinski definition) is 1. The van der Waals surface area contributed by atoms with E-state index in [1.165, 1.54) is 23.1 Å². The van der Waals surface area contributed by atoms with Crippen LogP contribution < -0.4 is 5.32 Å². The first-order valence-corrected chi connectivity index (χ1v) is 9.33. The Balaban J connectivity index is 2.30. The van der Waals surface area contributed by atoms with Gasteiger partial charge in [-0.15, -0.1) is 0 Å². The summed E-state index contributed by atoms with van der Waals surface area (Å²) >= 11 is 12.1. The number of benzene rings is 2. The molecule has 4 nitrogen and oxygen atoms in total. The van der Waals surface area contributed by atoms with Crippen LogP contribution >= 0.6 is 23.2 Å². The molecule has 0 spiro atoms. The largest absolute Gasteiger partial charge is 0.355 e. The summed E-state index contributed by atoms with van der Waals surface area (Å²) in [6, 6.07) is 10.6. The van der Waals surface area contributed by atoms with Crippen molar-refractivity contribution in [2.75, 3.05) is 6.54 Å². The Kier molecular flexibility index (Phi) is 7.63. The number of amides is 2. The summed E-state index contributed by atoms with van der Waals surface area (Å²) in [5.74, 6) is -1.24. The molecule has 2 amide bonds. The molecular formula is C20H21Cl2FN2O2. The van der Waals surface area contributed by atoms with Crippen molar-refractivity contribution < 1.29 is 14.0 Å². The first-order valence-electron chi connectivity index (χ1n) is 8.58. The molecule has 0 bridgehead atoms. The van der Waals surface area contributed by atoms with Crippen LogP contribution in [0.25, 0.3) is 0 Å². The predicted octanol–water partition coefficient (Wildman–Crippen LogP) is 4.23. The smallest absolute Gasteiger partial charge is 0.242 e. The van der Waals surface area contributed by atoms with E-state index in [4.69, 9.17) is 23.2 Å². The zero-order valence-corrected chi connectivity index (χ0v) is 16.6. The van der Waals surface area contributed by atoms with Gasteiger partial charge in [-0.1, -0.05) is 41.4 Å². The van der Waals surface area contributed by atoms with Crippen molar-refractivity contribution in [2.24, 2.45) is 0 Å². The predicted molar refractivity (Wildman–Crippen MR) is 105 cm³/mol. The molecule has 1 N–H and O–H groups in total. The van der Waals surface area contributed by atoms with Gasteiger partial charge in [0.15, 0.2) is 0 Å². The molecule has 0 aliphatic heterocycles. The van der Waals surface area contributed by atoms with Gasteiger partial charge in [0.1, 0.15) is 11.9 Å². The van der Waals surface area contributed by atoms with Gasteiger partial charge in [-0.05, 0) is 43.7 Å². The maximum absolute atomic E-state index is 14.1. The molecule has 27 heavy (non-hydrogen) atoms. The summed E-state index contributed by atoms with van der Waals surface area (Å²) in [6.07, 6.45) is -0.240. The second-order valence-electron chi connectivity index (χ2n) is 6.10. The highest BCUT2D eigenvalue weighted by Crippen LogP contribution is 2.22. The van der Waals surface area contributed by atoms with Crippen molar-refractivity contribution >= 4 is 35.0 Å². The number of halogens is 3. The summed E-state index contributed by atoms with van der Waals surface area (Å²) in [6.45, 7) is 4.05. The second kappa shape index (κ2) is 9.72. The average molecular weight is 411 g/mol. The average Bonchev–Trinajstić information content (AvgIpc) is 2.62. The Morgan fingerprint density at radius 2 is 1.89 bits per heavy atom. The number of carbonyl (C=O) groups excluding carboxylic acids is 2. The minimum absolute atomic E-state index is 0.114. The van der Waals surface area contributed by atoms with Crippen LogP contribution in [-0.2, 0) is 22.6 Å². The Labute approximate surface area is 168 Å². The minimum atomic E-state index is -0.734. The summed E-state index contributed by atoms with van der Waals surface area (Å²) in [5.41, 5.74) is 0.884. The summed E-state index contributed by atoms with van der Waals surface area (Å²) in [4.78, 5) is 26.6. The molecule has 0 radical (unpaired) electrons. The summed E-state index contributed by atoms with van der Waals surface area (Å²) in [5, 5.41) is 3.41. The number of nitrogens with zero attached hydrogens (tertiary/aromatic N) is 1. The van der Waals surface area contributed by atoms with Gasteiger partial charge in [-0.25, -0.2) is 4.39 Å². The van der Waals surface area contributed by atoms with Crippen molar-refractivity contribution in [3.05, 3.63) is 69.5 Å². The van der Waals surface area contributed by atoms with E-state index in [1.54, 1.807) is 32.0 Å². The quantitative estimate of drug-likeness (QED) is 0.742. The molecule has 144 valence electrons. The SMILES string of the molecule is CCNC(=O)[C@@H](C)N(Cc1cccc(Cl)c1)C(=O)Cc1c(F)cccc1Cl. The molecule has 2 aromatic rings. The van der Waals surface area contributed by atoms with E-state index in [0.717, 1.165) is 5.56 Å². The lowest BCUT2D eigenvalue weighted by atomic mass is 10.1. The van der Waals surface area contributed by atoms with E-state index in [9.17, 15) is 14.0 Å². The number of carbonyl (C=O) groups is 2. The van der Waals surface area contributed by atoms with Gasteiger partial charge in [0.2, 0.25) is 11.8 Å². The molecule has 0 fully saturated rings. The van der Waals surface area contributed by atoms with Crippen LogP contribution in [-0.4, -0.2) is 29.3 Å². The second-order valence-corrected chi connectivity index (χ2v) is 6.94. The fourth-order valence-electron chi connectivity index (χ4n) is 2.69. The van der Waals surface area contributed by atoms with Crippen LogP contribution in [0.2, 0.25) is 10.0 Å². The van der Waals surface area contributed by atoms with Gasteiger partial charge in [0, 0.05) is 28.7 Å². The number of hydrogen-bond acceptors (Lipinski definition) is 2. The molecule has 0 aliphatic carbocycles. The van der Waals surface area contributed by atoms with Crippen molar-refractivity contribution in [2.45, 2.75) is 32.9 Å². The first kappa shape index (κ1) is 21.2. The molecule has 1 atom stereocenters. The van der Waals surface area contributed by atoms with Crippen molar-refractivity contribution in [3.8, 4) is 0 Å². The zero-order valence-electron chi connectivity index (χ0n) is 15.1. The lowest BCUT2D eigenvalue weighted by Gasteiger charge is -2.29. The van der Waals surface area contributed by atoms with Gasteiger partial charge in [0.25, 0.3) is 0 Å². The van der Waals surface area contributed by atoms with Crippen LogP contribution in [0, 0.1) is 5.82 Å². The molecule has 0 unspecified atom stereocenters. The molecule has 2 aromatic carbocycles. The first-order chi connectivity index (χ1) is 12.8. The van der Waals surface area contributed by atoms with E-state index in [2.05, 4.69) is 5.32 Å².